The van der Waals surface area contributed by atoms with Gasteiger partial charge in [-0.1, -0.05) is 23.7 Å². The van der Waals surface area contributed by atoms with E-state index in [1.54, 1.807) is 18.2 Å². The van der Waals surface area contributed by atoms with Crippen molar-refractivity contribution in [1.29, 1.82) is 0 Å². The average Bonchev–Trinajstić information content (AvgIpc) is 3.04. The standard InChI is InChI=1S/C16H16ClNO4/c17-12-6-2-1-5-11(12)13-8-9-14(21-13)16(19)18-22-15-7-3-4-10-20-15/h1-2,5-6,8-9,15H,3-4,7,10H2,(H,18,19). The van der Waals surface area contributed by atoms with Gasteiger partial charge in [-0.3, -0.25) is 4.79 Å². The van der Waals surface area contributed by atoms with Crippen molar-refractivity contribution in [3.05, 3.63) is 47.2 Å². The number of carbonyl (C=O) groups is 1. The van der Waals surface area contributed by atoms with Crippen molar-refractivity contribution in [3.8, 4) is 11.3 Å². The molecular formula is C16H16ClNO4. The molecule has 1 aromatic heterocycles. The van der Waals surface area contributed by atoms with Gasteiger partial charge < -0.3 is 9.15 Å². The van der Waals surface area contributed by atoms with E-state index in [2.05, 4.69) is 5.48 Å². The summed E-state index contributed by atoms with van der Waals surface area (Å²) in [5, 5.41) is 0.565. The van der Waals surface area contributed by atoms with Crippen LogP contribution < -0.4 is 5.48 Å². The molecule has 2 aromatic rings. The van der Waals surface area contributed by atoms with Gasteiger partial charge in [-0.2, -0.15) is 0 Å². The first-order chi connectivity index (χ1) is 10.7. The Bertz CT molecular complexity index is 649. The third-order valence-electron chi connectivity index (χ3n) is 3.39. The molecule has 116 valence electrons. The molecule has 22 heavy (non-hydrogen) atoms. The first-order valence-electron chi connectivity index (χ1n) is 7.16. The second-order valence-electron chi connectivity index (χ2n) is 4.99. The van der Waals surface area contributed by atoms with Gasteiger partial charge in [-0.05, 0) is 37.1 Å². The highest BCUT2D eigenvalue weighted by Gasteiger charge is 2.18. The Hall–Kier alpha value is -1.82. The molecule has 6 heteroatoms. The van der Waals surface area contributed by atoms with Crippen LogP contribution >= 0.6 is 11.6 Å². The Morgan fingerprint density at radius 3 is 2.86 bits per heavy atom. The van der Waals surface area contributed by atoms with Gasteiger partial charge in [0.1, 0.15) is 5.76 Å². The number of ether oxygens (including phenoxy) is 1. The average molecular weight is 322 g/mol. The maximum atomic E-state index is 12.0. The number of nitrogens with one attached hydrogen (secondary N) is 1. The van der Waals surface area contributed by atoms with Crippen LogP contribution in [0, 0.1) is 0 Å². The second kappa shape index (κ2) is 6.96. The minimum Gasteiger partial charge on any atom is -0.451 e. The molecule has 0 aliphatic carbocycles. The van der Waals surface area contributed by atoms with E-state index in [1.807, 2.05) is 18.2 Å². The van der Waals surface area contributed by atoms with Crippen molar-refractivity contribution in [2.75, 3.05) is 6.61 Å². The first kappa shape index (κ1) is 15.1. The Balaban J connectivity index is 1.63. The van der Waals surface area contributed by atoms with Crippen LogP contribution in [0.15, 0.2) is 40.8 Å². The van der Waals surface area contributed by atoms with Crippen LogP contribution in [0.2, 0.25) is 5.02 Å². The highest BCUT2D eigenvalue weighted by Crippen LogP contribution is 2.29. The van der Waals surface area contributed by atoms with Crippen LogP contribution in [-0.4, -0.2) is 18.8 Å². The smallest absolute Gasteiger partial charge is 0.310 e. The SMILES string of the molecule is O=C(NOC1CCCCO1)c1ccc(-c2ccccc2Cl)o1. The molecule has 1 N–H and O–H groups in total. The largest absolute Gasteiger partial charge is 0.451 e. The van der Waals surface area contributed by atoms with E-state index in [-0.39, 0.29) is 5.76 Å². The van der Waals surface area contributed by atoms with Gasteiger partial charge in [-0.25, -0.2) is 10.3 Å². The fraction of sp³-hybridized carbons (Fsp3) is 0.312. The van der Waals surface area contributed by atoms with Gasteiger partial charge in [0.2, 0.25) is 0 Å². The molecular weight excluding hydrogens is 306 g/mol. The predicted octanol–water partition coefficient (Wildman–Crippen LogP) is 3.79. The molecule has 0 radical (unpaired) electrons. The lowest BCUT2D eigenvalue weighted by Crippen LogP contribution is -2.32. The zero-order chi connectivity index (χ0) is 15.4. The lowest BCUT2D eigenvalue weighted by molar-refractivity contribution is -0.187. The summed E-state index contributed by atoms with van der Waals surface area (Å²) in [5.74, 6) is 0.239. The molecule has 1 saturated heterocycles. The number of rotatable bonds is 4. The molecule has 1 aliphatic heterocycles. The molecule has 5 nitrogen and oxygen atoms in total. The minimum absolute atomic E-state index is 0.158. The zero-order valence-corrected chi connectivity index (χ0v) is 12.6. The number of amides is 1. The molecule has 3 rings (SSSR count). The number of hydrogen-bond acceptors (Lipinski definition) is 4. The molecule has 1 aromatic carbocycles. The monoisotopic (exact) mass is 321 g/mol. The van der Waals surface area contributed by atoms with Crippen LogP contribution in [0.4, 0.5) is 0 Å². The normalized spacial score (nSPS) is 18.1. The summed E-state index contributed by atoms with van der Waals surface area (Å²) in [5.41, 5.74) is 3.09. The molecule has 1 aliphatic rings. The Morgan fingerprint density at radius 1 is 1.23 bits per heavy atom. The summed E-state index contributed by atoms with van der Waals surface area (Å²) >= 11 is 6.11. The maximum Gasteiger partial charge on any atom is 0.310 e. The van der Waals surface area contributed by atoms with E-state index >= 15 is 0 Å². The van der Waals surface area contributed by atoms with E-state index in [0.717, 1.165) is 24.8 Å². The van der Waals surface area contributed by atoms with Gasteiger partial charge >= 0.3 is 5.91 Å². The molecule has 1 amide bonds. The topological polar surface area (TPSA) is 60.7 Å². The van der Waals surface area contributed by atoms with E-state index in [0.29, 0.717) is 17.4 Å². The van der Waals surface area contributed by atoms with Crippen LogP contribution in [0.1, 0.15) is 29.8 Å². The third kappa shape index (κ3) is 3.50. The van der Waals surface area contributed by atoms with Crippen molar-refractivity contribution >= 4 is 17.5 Å². The van der Waals surface area contributed by atoms with Crippen LogP contribution in [0.5, 0.6) is 0 Å². The number of furan rings is 1. The highest BCUT2D eigenvalue weighted by molar-refractivity contribution is 6.33. The molecule has 1 fully saturated rings. The van der Waals surface area contributed by atoms with Crippen molar-refractivity contribution in [2.45, 2.75) is 25.6 Å². The predicted molar refractivity (Wildman–Crippen MR) is 81.3 cm³/mol. The van der Waals surface area contributed by atoms with Crippen LogP contribution in [-0.2, 0) is 9.57 Å². The minimum atomic E-state index is -0.451. The van der Waals surface area contributed by atoms with E-state index in [1.165, 1.54) is 0 Å². The molecule has 0 spiro atoms. The van der Waals surface area contributed by atoms with E-state index < -0.39 is 12.2 Å². The molecule has 0 bridgehead atoms. The van der Waals surface area contributed by atoms with Crippen molar-refractivity contribution in [3.63, 3.8) is 0 Å². The lowest BCUT2D eigenvalue weighted by atomic mass is 10.2. The van der Waals surface area contributed by atoms with Gasteiger partial charge in [-0.15, -0.1) is 0 Å². The Labute approximate surface area is 133 Å². The summed E-state index contributed by atoms with van der Waals surface area (Å²) in [4.78, 5) is 17.2. The molecule has 1 unspecified atom stereocenters. The Morgan fingerprint density at radius 2 is 2.09 bits per heavy atom. The quantitative estimate of drug-likeness (QED) is 0.870. The molecule has 0 saturated carbocycles. The third-order valence-corrected chi connectivity index (χ3v) is 3.72. The Kier molecular flexibility index (Phi) is 4.77. The number of hydroxylamine groups is 1. The first-order valence-corrected chi connectivity index (χ1v) is 7.54. The van der Waals surface area contributed by atoms with Gasteiger partial charge in [0.05, 0.1) is 5.02 Å². The van der Waals surface area contributed by atoms with Crippen LogP contribution in [0.25, 0.3) is 11.3 Å². The number of halogens is 1. The summed E-state index contributed by atoms with van der Waals surface area (Å²) in [6, 6.07) is 10.6. The fourth-order valence-electron chi connectivity index (χ4n) is 2.24. The summed E-state index contributed by atoms with van der Waals surface area (Å²) < 4.78 is 10.9. The van der Waals surface area contributed by atoms with Crippen molar-refractivity contribution < 1.29 is 18.8 Å². The lowest BCUT2D eigenvalue weighted by Gasteiger charge is -2.21. The molecule has 1 atom stereocenters. The van der Waals surface area contributed by atoms with Gasteiger partial charge in [0.25, 0.3) is 0 Å². The summed E-state index contributed by atoms with van der Waals surface area (Å²) in [6.45, 7) is 0.651. The summed E-state index contributed by atoms with van der Waals surface area (Å²) in [7, 11) is 0. The second-order valence-corrected chi connectivity index (χ2v) is 5.40. The summed E-state index contributed by atoms with van der Waals surface area (Å²) in [6.07, 6.45) is 2.42. The van der Waals surface area contributed by atoms with Crippen molar-refractivity contribution in [1.82, 2.24) is 5.48 Å². The highest BCUT2D eigenvalue weighted by atomic mass is 35.5. The molecule has 2 heterocycles. The van der Waals surface area contributed by atoms with E-state index in [9.17, 15) is 4.79 Å². The van der Waals surface area contributed by atoms with E-state index in [4.69, 9.17) is 25.6 Å². The van der Waals surface area contributed by atoms with Gasteiger partial charge in [0, 0.05) is 18.6 Å². The maximum absolute atomic E-state index is 12.0. The van der Waals surface area contributed by atoms with Crippen LogP contribution in [0.3, 0.4) is 0 Å². The van der Waals surface area contributed by atoms with Gasteiger partial charge in [0.15, 0.2) is 12.1 Å². The number of carbonyl (C=O) groups excluding carboxylic acids is 1. The number of benzene rings is 1. The zero-order valence-electron chi connectivity index (χ0n) is 11.9. The fourth-order valence-corrected chi connectivity index (χ4v) is 2.47. The van der Waals surface area contributed by atoms with Crippen molar-refractivity contribution in [2.24, 2.45) is 0 Å². The number of hydrogen-bond donors (Lipinski definition) is 1.